The van der Waals surface area contributed by atoms with E-state index in [-0.39, 0.29) is 11.6 Å². The minimum absolute atomic E-state index is 0.0226. The van der Waals surface area contributed by atoms with Crippen molar-refractivity contribution in [3.8, 4) is 17.6 Å². The lowest BCUT2D eigenvalue weighted by molar-refractivity contribution is -0.117. The van der Waals surface area contributed by atoms with E-state index in [1.54, 1.807) is 12.1 Å². The first-order chi connectivity index (χ1) is 13.8. The molecule has 1 N–H and O–H groups in total. The SMILES string of the molecule is CCOc1cc(/C=C(/C#N)C(=O)NC(C)C)c(Br)cc1OCc1ccc(I)cc1. The molecule has 5 nitrogen and oxygen atoms in total. The maximum absolute atomic E-state index is 12.2. The van der Waals surface area contributed by atoms with E-state index >= 15 is 0 Å². The van der Waals surface area contributed by atoms with Gasteiger partial charge in [-0.15, -0.1) is 0 Å². The van der Waals surface area contributed by atoms with Gasteiger partial charge in [0.2, 0.25) is 0 Å². The Morgan fingerprint density at radius 3 is 2.48 bits per heavy atom. The summed E-state index contributed by atoms with van der Waals surface area (Å²) in [6.07, 6.45) is 1.53. The van der Waals surface area contributed by atoms with Gasteiger partial charge in [0, 0.05) is 14.1 Å². The average molecular weight is 569 g/mol. The molecule has 152 valence electrons. The number of ether oxygens (including phenoxy) is 2. The Labute approximate surface area is 193 Å². The summed E-state index contributed by atoms with van der Waals surface area (Å²) < 4.78 is 13.5. The zero-order valence-corrected chi connectivity index (χ0v) is 20.2. The first-order valence-corrected chi connectivity index (χ1v) is 11.0. The molecule has 7 heteroatoms. The van der Waals surface area contributed by atoms with E-state index in [0.29, 0.717) is 34.7 Å². The highest BCUT2D eigenvalue weighted by atomic mass is 127. The van der Waals surface area contributed by atoms with E-state index in [1.807, 2.05) is 51.1 Å². The Hall–Kier alpha value is -2.05. The molecule has 0 aliphatic carbocycles. The Kier molecular flexibility index (Phi) is 8.99. The number of nitrogens with one attached hydrogen (secondary N) is 1. The lowest BCUT2D eigenvalue weighted by Gasteiger charge is -2.14. The molecular formula is C22H22BrIN2O3. The van der Waals surface area contributed by atoms with Crippen LogP contribution in [0.4, 0.5) is 0 Å². The molecule has 0 fully saturated rings. The molecule has 1 amide bonds. The molecule has 2 aromatic carbocycles. The molecular weight excluding hydrogens is 547 g/mol. The van der Waals surface area contributed by atoms with Crippen molar-refractivity contribution < 1.29 is 14.3 Å². The van der Waals surface area contributed by atoms with Gasteiger partial charge < -0.3 is 14.8 Å². The second kappa shape index (κ2) is 11.2. The van der Waals surface area contributed by atoms with Gasteiger partial charge in [-0.1, -0.05) is 28.1 Å². The van der Waals surface area contributed by atoms with Crippen LogP contribution in [0.2, 0.25) is 0 Å². The largest absolute Gasteiger partial charge is 0.490 e. The molecule has 0 radical (unpaired) electrons. The summed E-state index contributed by atoms with van der Waals surface area (Å²) in [6, 6.07) is 13.5. The topological polar surface area (TPSA) is 71.3 Å². The van der Waals surface area contributed by atoms with Crippen LogP contribution in [-0.4, -0.2) is 18.6 Å². The number of amides is 1. The number of nitrogens with zero attached hydrogens (tertiary/aromatic N) is 1. The molecule has 0 aliphatic heterocycles. The monoisotopic (exact) mass is 568 g/mol. The minimum atomic E-state index is -0.411. The highest BCUT2D eigenvalue weighted by Crippen LogP contribution is 2.35. The molecule has 0 atom stereocenters. The highest BCUT2D eigenvalue weighted by Gasteiger charge is 2.14. The number of nitriles is 1. The summed E-state index contributed by atoms with van der Waals surface area (Å²) in [5.74, 6) is 0.722. The van der Waals surface area contributed by atoms with E-state index in [2.05, 4.69) is 43.8 Å². The maximum Gasteiger partial charge on any atom is 0.262 e. The number of carbonyl (C=O) groups is 1. The number of hydrogen-bond acceptors (Lipinski definition) is 4. The predicted molar refractivity (Wildman–Crippen MR) is 126 cm³/mol. The number of halogens is 2. The van der Waals surface area contributed by atoms with Crippen molar-refractivity contribution >= 4 is 50.5 Å². The molecule has 2 aromatic rings. The smallest absolute Gasteiger partial charge is 0.262 e. The van der Waals surface area contributed by atoms with Crippen LogP contribution >= 0.6 is 38.5 Å². The third-order valence-corrected chi connectivity index (χ3v) is 5.16. The molecule has 0 saturated carbocycles. The van der Waals surface area contributed by atoms with E-state index in [0.717, 1.165) is 9.13 Å². The quantitative estimate of drug-likeness (QED) is 0.261. The second-order valence-electron chi connectivity index (χ2n) is 6.47. The minimum Gasteiger partial charge on any atom is -0.490 e. The van der Waals surface area contributed by atoms with E-state index in [1.165, 1.54) is 6.08 Å². The van der Waals surface area contributed by atoms with E-state index in [4.69, 9.17) is 9.47 Å². The van der Waals surface area contributed by atoms with Crippen molar-refractivity contribution in [2.45, 2.75) is 33.4 Å². The van der Waals surface area contributed by atoms with Crippen molar-refractivity contribution in [2.24, 2.45) is 0 Å². The Bertz CT molecular complexity index is 934. The van der Waals surface area contributed by atoms with Crippen LogP contribution in [0.1, 0.15) is 31.9 Å². The van der Waals surface area contributed by atoms with Crippen LogP contribution in [0.5, 0.6) is 11.5 Å². The molecule has 0 aromatic heterocycles. The number of rotatable bonds is 8. The van der Waals surface area contributed by atoms with Gasteiger partial charge in [-0.25, -0.2) is 0 Å². The summed E-state index contributed by atoms with van der Waals surface area (Å²) in [4.78, 5) is 12.2. The Morgan fingerprint density at radius 2 is 1.90 bits per heavy atom. The third kappa shape index (κ3) is 7.05. The zero-order chi connectivity index (χ0) is 21.4. The van der Waals surface area contributed by atoms with Gasteiger partial charge in [-0.2, -0.15) is 5.26 Å². The van der Waals surface area contributed by atoms with Crippen LogP contribution in [0, 0.1) is 14.9 Å². The molecule has 0 spiro atoms. The number of carbonyl (C=O) groups excluding carboxylic acids is 1. The van der Waals surface area contributed by atoms with Gasteiger partial charge in [0.05, 0.1) is 6.61 Å². The molecule has 0 aliphatic rings. The number of hydrogen-bond donors (Lipinski definition) is 1. The van der Waals surface area contributed by atoms with Gasteiger partial charge in [-0.05, 0) is 84.8 Å². The van der Waals surface area contributed by atoms with Crippen molar-refractivity contribution in [1.29, 1.82) is 5.26 Å². The van der Waals surface area contributed by atoms with Gasteiger partial charge in [0.15, 0.2) is 11.5 Å². The van der Waals surface area contributed by atoms with Crippen molar-refractivity contribution in [1.82, 2.24) is 5.32 Å². The molecule has 0 heterocycles. The summed E-state index contributed by atoms with van der Waals surface area (Å²) in [6.45, 7) is 6.44. The van der Waals surface area contributed by atoms with Crippen LogP contribution in [0.25, 0.3) is 6.08 Å². The standard InChI is InChI=1S/C22H22BrIN2O3/c1-4-28-20-10-16(9-17(12-25)22(27)26-14(2)3)19(23)11-21(20)29-13-15-5-7-18(24)8-6-15/h5-11,14H,4,13H2,1-3H3,(H,26,27)/b17-9-. The average Bonchev–Trinajstić information content (AvgIpc) is 2.67. The van der Waals surface area contributed by atoms with Crippen LogP contribution in [-0.2, 0) is 11.4 Å². The maximum atomic E-state index is 12.2. The second-order valence-corrected chi connectivity index (χ2v) is 8.57. The predicted octanol–water partition coefficient (Wildman–Crippen LogP) is 5.46. The van der Waals surface area contributed by atoms with Crippen molar-refractivity contribution in [3.05, 3.63) is 61.1 Å². The molecule has 0 bridgehead atoms. The number of benzene rings is 2. The molecule has 0 saturated heterocycles. The van der Waals surface area contributed by atoms with Crippen molar-refractivity contribution in [2.75, 3.05) is 6.61 Å². The summed E-state index contributed by atoms with van der Waals surface area (Å²) >= 11 is 5.76. The third-order valence-electron chi connectivity index (χ3n) is 3.76. The zero-order valence-electron chi connectivity index (χ0n) is 16.5. The van der Waals surface area contributed by atoms with Gasteiger partial charge in [0.25, 0.3) is 5.91 Å². The van der Waals surface area contributed by atoms with Gasteiger partial charge >= 0.3 is 0 Å². The van der Waals surface area contributed by atoms with Gasteiger partial charge in [-0.3, -0.25) is 4.79 Å². The molecule has 2 rings (SSSR count). The summed E-state index contributed by atoms with van der Waals surface area (Å²) in [7, 11) is 0. The summed E-state index contributed by atoms with van der Waals surface area (Å²) in [5.41, 5.74) is 1.73. The van der Waals surface area contributed by atoms with Crippen LogP contribution in [0.15, 0.2) is 46.4 Å². The molecule has 0 unspecified atom stereocenters. The fourth-order valence-corrected chi connectivity index (χ4v) is 3.22. The molecule has 29 heavy (non-hydrogen) atoms. The van der Waals surface area contributed by atoms with Crippen molar-refractivity contribution in [3.63, 3.8) is 0 Å². The van der Waals surface area contributed by atoms with Gasteiger partial charge in [0.1, 0.15) is 18.2 Å². The van der Waals surface area contributed by atoms with Crippen LogP contribution in [0.3, 0.4) is 0 Å². The fourth-order valence-electron chi connectivity index (χ4n) is 2.43. The van der Waals surface area contributed by atoms with E-state index < -0.39 is 5.91 Å². The summed E-state index contributed by atoms with van der Waals surface area (Å²) in [5, 5.41) is 12.1. The van der Waals surface area contributed by atoms with E-state index in [9.17, 15) is 10.1 Å². The highest BCUT2D eigenvalue weighted by molar-refractivity contribution is 14.1. The normalized spacial score (nSPS) is 11.1. The lowest BCUT2D eigenvalue weighted by atomic mass is 10.1. The first-order valence-electron chi connectivity index (χ1n) is 9.10. The fraction of sp³-hybridized carbons (Fsp3) is 0.273. The Morgan fingerprint density at radius 1 is 1.24 bits per heavy atom. The Balaban J connectivity index is 2.30. The first kappa shape index (κ1) is 23.2. The van der Waals surface area contributed by atoms with Crippen LogP contribution < -0.4 is 14.8 Å². The lowest BCUT2D eigenvalue weighted by Crippen LogP contribution is -2.30.